The molecule has 0 radical (unpaired) electrons. The average molecular weight is 290 g/mol. The summed E-state index contributed by atoms with van der Waals surface area (Å²) in [4.78, 5) is 14.9. The minimum absolute atomic E-state index is 0.0282. The molecule has 1 amide bonds. The van der Waals surface area contributed by atoms with Gasteiger partial charge >= 0.3 is 0 Å². The zero-order chi connectivity index (χ0) is 14.8. The summed E-state index contributed by atoms with van der Waals surface area (Å²) in [5.74, 6) is 0.715. The lowest BCUT2D eigenvalue weighted by Crippen LogP contribution is -2.39. The molecule has 1 aliphatic heterocycles. The summed E-state index contributed by atoms with van der Waals surface area (Å²) in [7, 11) is 0. The lowest BCUT2D eigenvalue weighted by molar-refractivity contribution is 0.0684. The average Bonchev–Trinajstić information content (AvgIpc) is 3.19. The Hall–Kier alpha value is -1.52. The summed E-state index contributed by atoms with van der Waals surface area (Å²) in [6.45, 7) is 2.95. The van der Waals surface area contributed by atoms with Crippen LogP contribution in [0, 0.1) is 5.92 Å². The third kappa shape index (κ3) is 2.65. The van der Waals surface area contributed by atoms with Crippen molar-refractivity contribution in [2.45, 2.75) is 64.3 Å². The number of amides is 1. The fraction of sp³-hybridized carbons (Fsp3) is 0.750. The van der Waals surface area contributed by atoms with Crippen LogP contribution >= 0.6 is 0 Å². The van der Waals surface area contributed by atoms with Crippen LogP contribution in [-0.2, 0) is 6.42 Å². The molecule has 3 N–H and O–H groups in total. The molecule has 5 heteroatoms. The highest BCUT2D eigenvalue weighted by atomic mass is 16.2. The predicted molar refractivity (Wildman–Crippen MR) is 83.0 cm³/mol. The van der Waals surface area contributed by atoms with E-state index in [4.69, 9.17) is 5.73 Å². The molecule has 116 valence electrons. The summed E-state index contributed by atoms with van der Waals surface area (Å²) < 4.78 is 0. The minimum atomic E-state index is 0.0282. The zero-order valence-corrected chi connectivity index (χ0v) is 12.9. The minimum Gasteiger partial charge on any atom is -0.395 e. The Balaban J connectivity index is 1.77. The molecule has 21 heavy (non-hydrogen) atoms. The van der Waals surface area contributed by atoms with E-state index in [-0.39, 0.29) is 5.91 Å². The number of carbonyl (C=O) groups is 1. The quantitative estimate of drug-likeness (QED) is 0.895. The Morgan fingerprint density at radius 2 is 2.10 bits per heavy atom. The van der Waals surface area contributed by atoms with E-state index in [2.05, 4.69) is 17.1 Å². The molecule has 1 aromatic rings. The Morgan fingerprint density at radius 3 is 2.81 bits per heavy atom. The van der Waals surface area contributed by atoms with Gasteiger partial charge in [-0.25, -0.2) is 0 Å². The van der Waals surface area contributed by atoms with E-state index in [1.54, 1.807) is 0 Å². The van der Waals surface area contributed by atoms with E-state index in [1.807, 2.05) is 4.90 Å². The number of hydrogen-bond acceptors (Lipinski definition) is 3. The highest BCUT2D eigenvalue weighted by Crippen LogP contribution is 2.36. The maximum atomic E-state index is 12.8. The van der Waals surface area contributed by atoms with Gasteiger partial charge in [-0.2, -0.15) is 5.10 Å². The standard InChI is InChI=1S/C16H26N4O/c1-2-6-12-14(17)15(19-18-12)16(21)20-10-5-9-13(20)11-7-3-4-8-11/h11,13H,2-10,17H2,1H3,(H,18,19). The van der Waals surface area contributed by atoms with Crippen molar-refractivity contribution in [2.24, 2.45) is 5.92 Å². The number of likely N-dealkylation sites (tertiary alicyclic amines) is 1. The van der Waals surface area contributed by atoms with Crippen LogP contribution in [0.15, 0.2) is 0 Å². The van der Waals surface area contributed by atoms with Gasteiger partial charge in [-0.05, 0) is 38.0 Å². The molecule has 2 fully saturated rings. The van der Waals surface area contributed by atoms with Crippen LogP contribution in [0.4, 0.5) is 5.69 Å². The topological polar surface area (TPSA) is 75.0 Å². The molecule has 0 spiro atoms. The van der Waals surface area contributed by atoms with Crippen molar-refractivity contribution in [2.75, 3.05) is 12.3 Å². The van der Waals surface area contributed by atoms with Crippen LogP contribution < -0.4 is 5.73 Å². The van der Waals surface area contributed by atoms with Crippen LogP contribution in [0.1, 0.15) is 68.1 Å². The number of nitrogens with one attached hydrogen (secondary N) is 1. The van der Waals surface area contributed by atoms with Crippen LogP contribution in [0.5, 0.6) is 0 Å². The summed E-state index contributed by atoms with van der Waals surface area (Å²) in [5.41, 5.74) is 8.00. The van der Waals surface area contributed by atoms with E-state index in [9.17, 15) is 4.79 Å². The maximum absolute atomic E-state index is 12.8. The number of carbonyl (C=O) groups excluding carboxylic acids is 1. The molecule has 1 saturated carbocycles. The van der Waals surface area contributed by atoms with Gasteiger partial charge in [-0.1, -0.05) is 26.2 Å². The number of nitrogen functional groups attached to an aromatic ring is 1. The fourth-order valence-electron chi connectivity index (χ4n) is 4.00. The molecule has 1 saturated heterocycles. The van der Waals surface area contributed by atoms with E-state index in [0.29, 0.717) is 23.3 Å². The largest absolute Gasteiger partial charge is 0.395 e. The lowest BCUT2D eigenvalue weighted by atomic mass is 9.96. The van der Waals surface area contributed by atoms with Crippen molar-refractivity contribution in [3.63, 3.8) is 0 Å². The van der Waals surface area contributed by atoms with Crippen molar-refractivity contribution in [1.82, 2.24) is 15.1 Å². The Labute approximate surface area is 126 Å². The molecule has 5 nitrogen and oxygen atoms in total. The van der Waals surface area contributed by atoms with Crippen LogP contribution in [-0.4, -0.2) is 33.6 Å². The normalized spacial score (nSPS) is 23.1. The first-order valence-electron chi connectivity index (χ1n) is 8.36. The monoisotopic (exact) mass is 290 g/mol. The highest BCUT2D eigenvalue weighted by molar-refractivity contribution is 5.98. The van der Waals surface area contributed by atoms with Crippen molar-refractivity contribution in [3.05, 3.63) is 11.4 Å². The van der Waals surface area contributed by atoms with Gasteiger partial charge in [-0.15, -0.1) is 0 Å². The van der Waals surface area contributed by atoms with Gasteiger partial charge in [0.25, 0.3) is 5.91 Å². The van der Waals surface area contributed by atoms with E-state index < -0.39 is 0 Å². The number of aromatic nitrogens is 2. The lowest BCUT2D eigenvalue weighted by Gasteiger charge is -2.29. The van der Waals surface area contributed by atoms with Crippen molar-refractivity contribution in [1.29, 1.82) is 0 Å². The molecule has 0 bridgehead atoms. The first kappa shape index (κ1) is 14.4. The molecule has 1 aromatic heterocycles. The fourth-order valence-corrected chi connectivity index (χ4v) is 4.00. The SMILES string of the molecule is CCCc1[nH]nc(C(=O)N2CCCC2C2CCCC2)c1N. The van der Waals surface area contributed by atoms with Crippen molar-refractivity contribution < 1.29 is 4.79 Å². The molecular formula is C16H26N4O. The summed E-state index contributed by atoms with van der Waals surface area (Å²) >= 11 is 0. The number of aromatic amines is 1. The van der Waals surface area contributed by atoms with Gasteiger partial charge < -0.3 is 10.6 Å². The smallest absolute Gasteiger partial charge is 0.276 e. The highest BCUT2D eigenvalue weighted by Gasteiger charge is 2.37. The van der Waals surface area contributed by atoms with E-state index >= 15 is 0 Å². The van der Waals surface area contributed by atoms with Crippen LogP contribution in [0.2, 0.25) is 0 Å². The Kier molecular flexibility index (Phi) is 4.17. The molecule has 1 aliphatic carbocycles. The Bertz CT molecular complexity index is 504. The Morgan fingerprint density at radius 1 is 1.33 bits per heavy atom. The second kappa shape index (κ2) is 6.08. The van der Waals surface area contributed by atoms with Gasteiger partial charge in [-0.3, -0.25) is 9.89 Å². The van der Waals surface area contributed by atoms with Crippen LogP contribution in [0.3, 0.4) is 0 Å². The number of nitrogens with zero attached hydrogens (tertiary/aromatic N) is 2. The number of hydrogen-bond donors (Lipinski definition) is 2. The number of anilines is 1. The van der Waals surface area contributed by atoms with Crippen molar-refractivity contribution >= 4 is 11.6 Å². The zero-order valence-electron chi connectivity index (χ0n) is 12.9. The third-order valence-corrected chi connectivity index (χ3v) is 5.09. The molecule has 1 atom stereocenters. The third-order valence-electron chi connectivity index (χ3n) is 5.09. The second-order valence-corrected chi connectivity index (χ2v) is 6.47. The van der Waals surface area contributed by atoms with E-state index in [0.717, 1.165) is 37.9 Å². The maximum Gasteiger partial charge on any atom is 0.276 e. The summed E-state index contributed by atoms with van der Waals surface area (Å²) in [6, 6.07) is 0.408. The van der Waals surface area contributed by atoms with Crippen LogP contribution in [0.25, 0.3) is 0 Å². The first-order valence-corrected chi connectivity index (χ1v) is 8.36. The van der Waals surface area contributed by atoms with Gasteiger partial charge in [0.1, 0.15) is 0 Å². The second-order valence-electron chi connectivity index (χ2n) is 6.47. The molecular weight excluding hydrogens is 264 g/mol. The summed E-state index contributed by atoms with van der Waals surface area (Å²) in [6.07, 6.45) is 9.26. The molecule has 3 rings (SSSR count). The predicted octanol–water partition coefficient (Wildman–Crippen LogP) is 2.74. The van der Waals surface area contributed by atoms with E-state index in [1.165, 1.54) is 25.7 Å². The molecule has 1 unspecified atom stereocenters. The van der Waals surface area contributed by atoms with Gasteiger partial charge in [0.05, 0.1) is 11.4 Å². The number of nitrogens with two attached hydrogens (primary N) is 1. The van der Waals surface area contributed by atoms with Crippen molar-refractivity contribution in [3.8, 4) is 0 Å². The summed E-state index contributed by atoms with van der Waals surface area (Å²) in [5, 5.41) is 7.14. The number of aryl methyl sites for hydroxylation is 1. The molecule has 2 heterocycles. The molecule has 0 aromatic carbocycles. The first-order chi connectivity index (χ1) is 10.2. The van der Waals surface area contributed by atoms with Gasteiger partial charge in [0.2, 0.25) is 0 Å². The number of H-pyrrole nitrogens is 1. The molecule has 2 aliphatic rings. The van der Waals surface area contributed by atoms with Gasteiger partial charge in [0.15, 0.2) is 5.69 Å². The number of rotatable bonds is 4. The van der Waals surface area contributed by atoms with Gasteiger partial charge in [0, 0.05) is 12.6 Å².